The number of methoxy groups -OCH3 is 1. The largest absolute Gasteiger partial charge is 0.497 e. The summed E-state index contributed by atoms with van der Waals surface area (Å²) in [4.78, 5) is 54.9. The minimum absolute atomic E-state index is 0.0601. The number of aryl methyl sites for hydroxylation is 1. The number of nitrogens with zero attached hydrogens (tertiary/aromatic N) is 2. The number of benzene rings is 2. The van der Waals surface area contributed by atoms with Crippen LogP contribution in [-0.2, 0) is 19.2 Å². The van der Waals surface area contributed by atoms with Gasteiger partial charge in [0.1, 0.15) is 11.5 Å². The van der Waals surface area contributed by atoms with Gasteiger partial charge in [0.05, 0.1) is 30.6 Å². The van der Waals surface area contributed by atoms with Gasteiger partial charge in [0, 0.05) is 28.3 Å². The van der Waals surface area contributed by atoms with Crippen molar-refractivity contribution in [3.05, 3.63) is 48.0 Å². The van der Waals surface area contributed by atoms with E-state index in [1.807, 2.05) is 0 Å². The van der Waals surface area contributed by atoms with Crippen LogP contribution < -0.4 is 19.3 Å². The van der Waals surface area contributed by atoms with E-state index in [0.29, 0.717) is 41.3 Å². The quantitative estimate of drug-likeness (QED) is 0.210. The molecule has 1 saturated carbocycles. The fourth-order valence-corrected chi connectivity index (χ4v) is 6.59. The van der Waals surface area contributed by atoms with Crippen molar-refractivity contribution in [1.29, 1.82) is 0 Å². The average molecular weight is 634 g/mol. The summed E-state index contributed by atoms with van der Waals surface area (Å²) in [6.07, 6.45) is 1.26. The summed E-state index contributed by atoms with van der Waals surface area (Å²) in [6, 6.07) is 12.0. The zero-order valence-corrected chi connectivity index (χ0v) is 23.5. The van der Waals surface area contributed by atoms with Crippen LogP contribution in [0.2, 0.25) is 0 Å². The minimum atomic E-state index is -0.603. The topological polar surface area (TPSA) is 93.2 Å². The SMILES string of the molecule is COc1ccc(N2C[C@H](C(=O)Oc3ccc(N4C(=O)[C@@H]5C[C@@H](Br)[C@@H](Br)C[C@H]5C4=O)c(C)c3)CC2=O)cc1. The maximum absolute atomic E-state index is 13.1. The Bertz CT molecular complexity index is 1240. The van der Waals surface area contributed by atoms with Gasteiger partial charge >= 0.3 is 5.97 Å². The molecule has 3 fully saturated rings. The molecule has 8 nitrogen and oxygen atoms in total. The van der Waals surface area contributed by atoms with Crippen molar-refractivity contribution in [3.63, 3.8) is 0 Å². The molecule has 0 aromatic heterocycles. The number of ether oxygens (including phenoxy) is 2. The summed E-state index contributed by atoms with van der Waals surface area (Å²) in [7, 11) is 1.57. The molecule has 2 aromatic rings. The molecule has 194 valence electrons. The first-order valence-corrected chi connectivity index (χ1v) is 13.9. The molecule has 2 aliphatic heterocycles. The molecule has 0 spiro atoms. The standard InChI is InChI=1S/C27H26Br2N2O6/c1-14-9-18(7-8-23(14)31-25(33)19-11-21(28)22(29)12-20(19)26(31)34)37-27(35)15-10-24(32)30(13-15)16-3-5-17(36-2)6-4-16/h3-9,15,19-22H,10-13H2,1-2H3/t15-,19-,20-,21-,22+/m1/s1. The Morgan fingerprint density at radius 2 is 1.51 bits per heavy atom. The fourth-order valence-electron chi connectivity index (χ4n) is 5.35. The normalized spacial score (nSPS) is 27.5. The summed E-state index contributed by atoms with van der Waals surface area (Å²) in [6.45, 7) is 2.00. The molecule has 3 amide bonds. The van der Waals surface area contributed by atoms with E-state index in [1.165, 1.54) is 4.90 Å². The lowest BCUT2D eigenvalue weighted by Crippen LogP contribution is -2.34. The number of hydrogen-bond acceptors (Lipinski definition) is 6. The van der Waals surface area contributed by atoms with Crippen molar-refractivity contribution < 1.29 is 28.7 Å². The van der Waals surface area contributed by atoms with Crippen LogP contribution in [0.15, 0.2) is 42.5 Å². The average Bonchev–Trinajstić information content (AvgIpc) is 3.37. The number of esters is 1. The van der Waals surface area contributed by atoms with E-state index >= 15 is 0 Å². The Balaban J connectivity index is 1.27. The van der Waals surface area contributed by atoms with Crippen molar-refractivity contribution >= 4 is 66.9 Å². The van der Waals surface area contributed by atoms with Crippen LogP contribution in [0.25, 0.3) is 0 Å². The molecular weight excluding hydrogens is 608 g/mol. The summed E-state index contributed by atoms with van der Waals surface area (Å²) >= 11 is 7.22. The Morgan fingerprint density at radius 3 is 2.08 bits per heavy atom. The van der Waals surface area contributed by atoms with Crippen molar-refractivity contribution in [1.82, 2.24) is 0 Å². The van der Waals surface area contributed by atoms with Crippen LogP contribution in [0, 0.1) is 24.7 Å². The highest BCUT2D eigenvalue weighted by Crippen LogP contribution is 2.45. The smallest absolute Gasteiger partial charge is 0.316 e. The van der Waals surface area contributed by atoms with Crippen molar-refractivity contribution in [2.45, 2.75) is 35.8 Å². The van der Waals surface area contributed by atoms with Crippen molar-refractivity contribution in [2.75, 3.05) is 23.5 Å². The number of anilines is 2. The summed E-state index contributed by atoms with van der Waals surface area (Å²) in [5.41, 5.74) is 1.85. The van der Waals surface area contributed by atoms with Gasteiger partial charge in [-0.3, -0.25) is 19.2 Å². The summed E-state index contributed by atoms with van der Waals surface area (Å²) in [5, 5.41) is 0. The fraction of sp³-hybridized carbons (Fsp3) is 0.407. The van der Waals surface area contributed by atoms with Gasteiger partial charge in [-0.05, 0) is 67.8 Å². The Morgan fingerprint density at radius 1 is 0.919 bits per heavy atom. The molecule has 0 radical (unpaired) electrons. The lowest BCUT2D eigenvalue weighted by Gasteiger charge is -2.29. The molecule has 2 saturated heterocycles. The first-order valence-electron chi connectivity index (χ1n) is 12.1. The highest BCUT2D eigenvalue weighted by Gasteiger charge is 2.52. The van der Waals surface area contributed by atoms with Crippen LogP contribution in [0.4, 0.5) is 11.4 Å². The number of halogens is 2. The van der Waals surface area contributed by atoms with Crippen LogP contribution >= 0.6 is 31.9 Å². The van der Waals surface area contributed by atoms with E-state index in [-0.39, 0.29) is 52.2 Å². The molecule has 1 aliphatic carbocycles. The predicted molar refractivity (Wildman–Crippen MR) is 144 cm³/mol. The molecule has 3 aliphatic rings. The molecule has 0 unspecified atom stereocenters. The lowest BCUT2D eigenvalue weighted by atomic mass is 9.81. The number of hydrogen-bond donors (Lipinski definition) is 0. The van der Waals surface area contributed by atoms with Crippen LogP contribution in [0.1, 0.15) is 24.8 Å². The molecule has 37 heavy (non-hydrogen) atoms. The monoisotopic (exact) mass is 632 g/mol. The highest BCUT2D eigenvalue weighted by molar-refractivity contribution is 9.12. The number of carbonyl (C=O) groups is 4. The Hall–Kier alpha value is -2.72. The van der Waals surface area contributed by atoms with E-state index in [2.05, 4.69) is 31.9 Å². The van der Waals surface area contributed by atoms with E-state index in [0.717, 1.165) is 0 Å². The van der Waals surface area contributed by atoms with Crippen LogP contribution in [0.3, 0.4) is 0 Å². The number of rotatable bonds is 5. The maximum Gasteiger partial charge on any atom is 0.316 e. The molecule has 10 heteroatoms. The highest BCUT2D eigenvalue weighted by atomic mass is 79.9. The van der Waals surface area contributed by atoms with E-state index in [1.54, 1.807) is 61.4 Å². The van der Waals surface area contributed by atoms with Crippen molar-refractivity contribution in [3.8, 4) is 11.5 Å². The van der Waals surface area contributed by atoms with Crippen molar-refractivity contribution in [2.24, 2.45) is 17.8 Å². The third kappa shape index (κ3) is 4.81. The summed E-state index contributed by atoms with van der Waals surface area (Å²) < 4.78 is 10.8. The molecule has 0 bridgehead atoms. The van der Waals surface area contributed by atoms with Gasteiger partial charge in [-0.2, -0.15) is 0 Å². The third-order valence-corrected chi connectivity index (χ3v) is 10.1. The molecule has 0 N–H and O–H groups in total. The minimum Gasteiger partial charge on any atom is -0.497 e. The molecular formula is C27H26Br2N2O6. The molecule has 5 atom stereocenters. The van der Waals surface area contributed by atoms with Gasteiger partial charge in [0.15, 0.2) is 0 Å². The van der Waals surface area contributed by atoms with Gasteiger partial charge < -0.3 is 14.4 Å². The van der Waals surface area contributed by atoms with Crippen LogP contribution in [0.5, 0.6) is 11.5 Å². The number of amides is 3. The zero-order valence-electron chi connectivity index (χ0n) is 20.4. The van der Waals surface area contributed by atoms with E-state index < -0.39 is 11.9 Å². The molecule has 2 aromatic carbocycles. The lowest BCUT2D eigenvalue weighted by molar-refractivity contribution is -0.139. The van der Waals surface area contributed by atoms with Gasteiger partial charge in [0.2, 0.25) is 17.7 Å². The zero-order chi connectivity index (χ0) is 26.4. The number of alkyl halides is 2. The number of carbonyl (C=O) groups excluding carboxylic acids is 4. The van der Waals surface area contributed by atoms with E-state index in [4.69, 9.17) is 9.47 Å². The summed E-state index contributed by atoms with van der Waals surface area (Å²) in [5.74, 6) is -1.31. The second-order valence-corrected chi connectivity index (χ2v) is 12.1. The molecule has 5 rings (SSSR count). The third-order valence-electron chi connectivity index (χ3n) is 7.38. The second kappa shape index (κ2) is 10.2. The van der Waals surface area contributed by atoms with Crippen LogP contribution in [-0.4, -0.2) is 47.0 Å². The number of fused-ring (bicyclic) bond motifs is 1. The molecule has 2 heterocycles. The predicted octanol–water partition coefficient (Wildman–Crippen LogP) is 4.39. The van der Waals surface area contributed by atoms with Gasteiger partial charge in [-0.25, -0.2) is 4.90 Å². The number of imide groups is 1. The van der Waals surface area contributed by atoms with Gasteiger partial charge in [0.25, 0.3) is 0 Å². The first kappa shape index (κ1) is 25.9. The van der Waals surface area contributed by atoms with Gasteiger partial charge in [-0.15, -0.1) is 0 Å². The Kier molecular flexibility index (Phi) is 7.15. The van der Waals surface area contributed by atoms with E-state index in [9.17, 15) is 19.2 Å². The second-order valence-electron chi connectivity index (χ2n) is 9.70. The van der Waals surface area contributed by atoms with Gasteiger partial charge in [-0.1, -0.05) is 31.9 Å². The Labute approximate surface area is 231 Å². The first-order chi connectivity index (χ1) is 17.7. The maximum atomic E-state index is 13.1.